The van der Waals surface area contributed by atoms with Gasteiger partial charge in [0.1, 0.15) is 54.4 Å². The summed E-state index contributed by atoms with van der Waals surface area (Å²) in [5, 5.41) is 7.07. The first-order valence-corrected chi connectivity index (χ1v) is 38.0. The first kappa shape index (κ1) is 84.7. The fourth-order valence-electron chi connectivity index (χ4n) is 16.7. The van der Waals surface area contributed by atoms with Gasteiger partial charge in [-0.2, -0.15) is 26.3 Å². The van der Waals surface area contributed by atoms with Crippen LogP contribution in [0.1, 0.15) is 187 Å². The third kappa shape index (κ3) is 22.5. The van der Waals surface area contributed by atoms with Gasteiger partial charge in [-0.25, -0.2) is 0 Å². The van der Waals surface area contributed by atoms with Gasteiger partial charge in [-0.1, -0.05) is 78.1 Å². The molecule has 3 aliphatic heterocycles. The summed E-state index contributed by atoms with van der Waals surface area (Å²) in [6, 6.07) is -9.90. The van der Waals surface area contributed by atoms with Crippen LogP contribution in [0.15, 0.2) is 0 Å². The molecule has 1 spiro atoms. The van der Waals surface area contributed by atoms with Gasteiger partial charge in [-0.05, 0) is 126 Å². The predicted molar refractivity (Wildman–Crippen MR) is 372 cm³/mol. The maximum absolute atomic E-state index is 15.8. The second kappa shape index (κ2) is 37.8. The van der Waals surface area contributed by atoms with E-state index >= 15 is 28.8 Å². The molecule has 0 aromatic carbocycles. The van der Waals surface area contributed by atoms with E-state index in [4.69, 9.17) is 16.3 Å². The van der Waals surface area contributed by atoms with E-state index in [1.807, 2.05) is 0 Å². The number of hydrogen-bond donors (Lipinski definition) is 3. The topological polar surface area (TPSA) is 279 Å². The molecule has 3 unspecified atom stereocenters. The molecule has 32 heteroatoms. The number of ether oxygens (including phenoxy) is 1. The molecule has 3 N–H and O–H groups in total. The third-order valence-electron chi connectivity index (χ3n) is 22.8. The fraction of sp³-hybridized carbons (Fsp3) is 0.833. The molecule has 7 aliphatic rings. The van der Waals surface area contributed by atoms with Crippen molar-refractivity contribution in [1.29, 1.82) is 0 Å². The molecule has 4 saturated carbocycles. The number of piperidine rings is 1. The second-order valence-corrected chi connectivity index (χ2v) is 31.6. The molecule has 0 aromatic heterocycles. The Hall–Kier alpha value is -6.53. The summed E-state index contributed by atoms with van der Waals surface area (Å²) in [7, 11) is 9.24. The average molecular weight is 1500 g/mol. The van der Waals surface area contributed by atoms with Gasteiger partial charge in [0.25, 0.3) is 0 Å². The number of nitrogens with one attached hydrogen (secondary N) is 3. The van der Waals surface area contributed by atoms with Crippen molar-refractivity contribution in [3.8, 4) is 0 Å². The summed E-state index contributed by atoms with van der Waals surface area (Å²) >= 11 is 6.39. The van der Waals surface area contributed by atoms with Crippen molar-refractivity contribution in [2.24, 2.45) is 29.6 Å². The van der Waals surface area contributed by atoms with Crippen molar-refractivity contribution in [3.63, 3.8) is 0 Å². The number of hydrogen-bond acceptors (Lipinski definition) is 13. The highest BCUT2D eigenvalue weighted by atomic mass is 35.5. The van der Waals surface area contributed by atoms with Crippen LogP contribution in [0, 0.1) is 29.6 Å². The minimum atomic E-state index is -4.88. The van der Waals surface area contributed by atoms with Crippen LogP contribution in [-0.2, 0) is 62.3 Å². The molecular weight excluding hydrogens is 1390 g/mol. The van der Waals surface area contributed by atoms with Gasteiger partial charge < -0.3 is 64.8 Å². The largest absolute Gasteiger partial charge is 0.411 e. The van der Waals surface area contributed by atoms with E-state index in [-0.39, 0.29) is 82.6 Å². The minimum absolute atomic E-state index is 0.0302. The number of halogens is 7. The van der Waals surface area contributed by atoms with Crippen LogP contribution in [0.25, 0.3) is 0 Å². The highest BCUT2D eigenvalue weighted by molar-refractivity contribution is 6.21. The third-order valence-corrected chi connectivity index (χ3v) is 23.3. The van der Waals surface area contributed by atoms with Crippen molar-refractivity contribution in [1.82, 2.24) is 60.0 Å². The molecule has 0 aromatic rings. The van der Waals surface area contributed by atoms with Gasteiger partial charge in [0.2, 0.25) is 70.9 Å². The Morgan fingerprint density at radius 3 is 1.77 bits per heavy atom. The van der Waals surface area contributed by atoms with Gasteiger partial charge in [0.15, 0.2) is 0 Å². The van der Waals surface area contributed by atoms with Crippen molar-refractivity contribution in [2.75, 3.05) is 102 Å². The molecule has 0 radical (unpaired) electrons. The molecule has 10 atom stereocenters. The SMILES string of the molecule is CC(C)C[C@H]1C(=O)N[C@@H](COCC(F)(F)F)C(=O)N(C)CC(=O)N(C)CC(=O)N(C)[C@@H](CC2CCCCC2)C(=O)N(C)CC(=O)N[C@@H](CCC2CCC(C(F)(F)F)C(Cl)C2)C(=O)N2CCC[C@H]2C(=O)NC2(CCCC2)C(=O)N(C)[C@@H](C2CCCCC2)C(=O)N(C)[C@H](C(=O)N2CCCCC2)CC(=O)N1C. The van der Waals surface area contributed by atoms with E-state index in [2.05, 4.69) is 16.0 Å². The van der Waals surface area contributed by atoms with Crippen LogP contribution in [0.2, 0.25) is 0 Å². The Morgan fingerprint density at radius 2 is 1.16 bits per heavy atom. The lowest BCUT2D eigenvalue weighted by Crippen LogP contribution is -2.65. The van der Waals surface area contributed by atoms with E-state index in [9.17, 15) is 55.1 Å². The smallest absolute Gasteiger partial charge is 0.369 e. The molecule has 12 amide bonds. The van der Waals surface area contributed by atoms with Crippen molar-refractivity contribution >= 4 is 82.5 Å². The molecule has 588 valence electrons. The number of amides is 12. The molecule has 7 fully saturated rings. The summed E-state index contributed by atoms with van der Waals surface area (Å²) in [5.41, 5.74) is -1.61. The number of carbonyl (C=O) groups excluding carboxylic acids is 12. The van der Waals surface area contributed by atoms with Crippen LogP contribution in [0.3, 0.4) is 0 Å². The van der Waals surface area contributed by atoms with Gasteiger partial charge in [0.05, 0.1) is 38.6 Å². The van der Waals surface area contributed by atoms with Crippen molar-refractivity contribution in [2.45, 2.75) is 253 Å². The summed E-state index contributed by atoms with van der Waals surface area (Å²) in [4.78, 5) is 190. The molecular formula is C72H113ClF6N12O13. The monoisotopic (exact) mass is 1500 g/mol. The van der Waals surface area contributed by atoms with Gasteiger partial charge in [-0.15, -0.1) is 11.6 Å². The predicted octanol–water partition coefficient (Wildman–Crippen LogP) is 6.02. The zero-order valence-corrected chi connectivity index (χ0v) is 63.0. The fourth-order valence-corrected chi connectivity index (χ4v) is 17.2. The number of carbonyl (C=O) groups is 12. The van der Waals surface area contributed by atoms with Crippen LogP contribution in [0.5, 0.6) is 0 Å². The summed E-state index contributed by atoms with van der Waals surface area (Å²) < 4.78 is 88.0. The first-order chi connectivity index (χ1) is 48.9. The van der Waals surface area contributed by atoms with Crippen LogP contribution >= 0.6 is 11.6 Å². The highest BCUT2D eigenvalue weighted by Gasteiger charge is 2.52. The highest BCUT2D eigenvalue weighted by Crippen LogP contribution is 2.44. The van der Waals surface area contributed by atoms with Crippen LogP contribution in [0.4, 0.5) is 26.3 Å². The quantitative estimate of drug-likeness (QED) is 0.149. The van der Waals surface area contributed by atoms with E-state index in [0.29, 0.717) is 70.9 Å². The molecule has 3 heterocycles. The summed E-state index contributed by atoms with van der Waals surface area (Å²) in [6.07, 6.45) is 0.946. The molecule has 3 saturated heterocycles. The molecule has 104 heavy (non-hydrogen) atoms. The van der Waals surface area contributed by atoms with E-state index in [1.54, 1.807) is 18.7 Å². The Morgan fingerprint density at radius 1 is 0.567 bits per heavy atom. The van der Waals surface area contributed by atoms with Crippen molar-refractivity contribution in [3.05, 3.63) is 0 Å². The Balaban J connectivity index is 1.28. The zero-order chi connectivity index (χ0) is 76.7. The average Bonchev–Trinajstić information content (AvgIpc) is 1.41. The van der Waals surface area contributed by atoms with Crippen LogP contribution < -0.4 is 16.0 Å². The lowest BCUT2D eigenvalue weighted by atomic mass is 9.78. The first-order valence-electron chi connectivity index (χ1n) is 37.6. The number of fused-ring (bicyclic) bond motifs is 1. The van der Waals surface area contributed by atoms with Gasteiger partial charge in [-0.3, -0.25) is 57.5 Å². The van der Waals surface area contributed by atoms with Gasteiger partial charge >= 0.3 is 12.4 Å². The Bertz CT molecular complexity index is 3020. The second-order valence-electron chi connectivity index (χ2n) is 31.1. The lowest BCUT2D eigenvalue weighted by molar-refractivity contribution is -0.182. The summed E-state index contributed by atoms with van der Waals surface area (Å²) in [6.45, 7) is -0.889. The van der Waals surface area contributed by atoms with E-state index < -0.39 is 193 Å². The molecule has 0 bridgehead atoms. The Labute approximate surface area is 612 Å². The van der Waals surface area contributed by atoms with E-state index in [0.717, 1.165) is 71.6 Å². The molecule has 4 aliphatic carbocycles. The van der Waals surface area contributed by atoms with Gasteiger partial charge in [0, 0.05) is 74.3 Å². The maximum atomic E-state index is 15.8. The molecule has 7 rings (SSSR count). The number of rotatable bonds is 12. The maximum Gasteiger partial charge on any atom is 0.411 e. The summed E-state index contributed by atoms with van der Waals surface area (Å²) in [5.74, 6) is -12.2. The standard InChI is InChI=1S/C72H113ClF6N12O13/c1-45(2)36-54-62(96)81-52(43-104-44-71(74,75)76)64(98)85(5)41-59(94)83(3)42-60(95)87(7)55(38-46-22-13-10-14-23-46)66(100)84(4)40-57(92)80-51(30-28-47-27-29-49(50(73)37-47)72(77,78)79)65(99)91-35-21-26-53(91)63(97)82-70(31-17-18-32-70)69(103)89(9)61(48-24-15-11-16-25-48)68(102)88(8)56(39-58(93)86(54)6)67(101)90-33-19-12-20-34-90/h45-56,61H,10-44H2,1-9H3,(H,80,92)(H,81,96)(H,82,97)/t47?,49?,50?,51-,52-,53-,54-,55-,56-,61-/m0/s1. The zero-order valence-electron chi connectivity index (χ0n) is 62.2. The number of nitrogens with zero attached hydrogens (tertiary/aromatic N) is 9. The molecule has 25 nitrogen and oxygen atoms in total. The normalized spacial score (nSPS) is 29.3. The lowest BCUT2D eigenvalue weighted by Gasteiger charge is -2.43. The van der Waals surface area contributed by atoms with Crippen LogP contribution in [-0.4, -0.2) is 282 Å². The van der Waals surface area contributed by atoms with Crippen molar-refractivity contribution < 1.29 is 88.6 Å². The number of alkyl halides is 7. The number of likely N-dealkylation sites (N-methyl/N-ethyl adjacent to an activating group) is 7. The van der Waals surface area contributed by atoms with E-state index in [1.165, 1.54) is 61.9 Å². The minimum Gasteiger partial charge on any atom is -0.369 e. The number of likely N-dealkylation sites (tertiary alicyclic amines) is 1. The Kier molecular flexibility index (Phi) is 30.8.